The van der Waals surface area contributed by atoms with Gasteiger partial charge in [0.1, 0.15) is 5.76 Å². The van der Waals surface area contributed by atoms with E-state index in [1.54, 1.807) is 6.92 Å². The average Bonchev–Trinajstić information content (AvgIpc) is 2.54. The summed E-state index contributed by atoms with van der Waals surface area (Å²) in [5, 5.41) is 13.9. The van der Waals surface area contributed by atoms with E-state index in [1.165, 1.54) is 0 Å². The van der Waals surface area contributed by atoms with Crippen molar-refractivity contribution in [3.05, 3.63) is 11.5 Å². The molecule has 0 aliphatic heterocycles. The van der Waals surface area contributed by atoms with Crippen LogP contribution in [0, 0.1) is 13.8 Å². The van der Waals surface area contributed by atoms with E-state index in [2.05, 4.69) is 15.6 Å². The van der Waals surface area contributed by atoms with Gasteiger partial charge in [-0.1, -0.05) is 0 Å². The molecule has 1 aromatic heterocycles. The van der Waals surface area contributed by atoms with Crippen LogP contribution >= 0.6 is 0 Å². The molecular weight excluding hydrogens is 222 g/mol. The number of aryl methyl sites for hydroxylation is 2. The van der Waals surface area contributed by atoms with Crippen LogP contribution in [0.5, 0.6) is 0 Å². The SMILES string of the molecule is Cc1nc(NC(=O)NC(C)CCCO)oc1C. The largest absolute Gasteiger partial charge is 0.428 e. The highest BCUT2D eigenvalue weighted by atomic mass is 16.4. The Bertz CT molecular complexity index is 357. The smallest absolute Gasteiger partial charge is 0.323 e. The summed E-state index contributed by atoms with van der Waals surface area (Å²) in [6.07, 6.45) is 1.40. The number of aromatic nitrogens is 1. The van der Waals surface area contributed by atoms with Gasteiger partial charge < -0.3 is 14.8 Å². The second kappa shape index (κ2) is 6.24. The summed E-state index contributed by atoms with van der Waals surface area (Å²) < 4.78 is 5.22. The maximum absolute atomic E-state index is 11.5. The van der Waals surface area contributed by atoms with Gasteiger partial charge in [0.15, 0.2) is 0 Å². The van der Waals surface area contributed by atoms with Crippen molar-refractivity contribution in [1.82, 2.24) is 10.3 Å². The van der Waals surface area contributed by atoms with Crippen molar-refractivity contribution in [2.24, 2.45) is 0 Å². The number of aliphatic hydroxyl groups is 1. The van der Waals surface area contributed by atoms with Gasteiger partial charge in [0.05, 0.1) is 5.69 Å². The van der Waals surface area contributed by atoms with Gasteiger partial charge in [-0.15, -0.1) is 0 Å². The quantitative estimate of drug-likeness (QED) is 0.730. The molecule has 0 radical (unpaired) electrons. The number of oxazole rings is 1. The monoisotopic (exact) mass is 241 g/mol. The Morgan fingerprint density at radius 3 is 2.76 bits per heavy atom. The number of amides is 2. The van der Waals surface area contributed by atoms with Gasteiger partial charge in [-0.2, -0.15) is 4.98 Å². The molecule has 0 fully saturated rings. The molecule has 96 valence electrons. The minimum atomic E-state index is -0.350. The number of rotatable bonds is 5. The lowest BCUT2D eigenvalue weighted by Gasteiger charge is -2.12. The first kappa shape index (κ1) is 13.5. The van der Waals surface area contributed by atoms with Gasteiger partial charge in [-0.05, 0) is 33.6 Å². The molecule has 2 amide bonds. The fourth-order valence-electron chi connectivity index (χ4n) is 1.35. The van der Waals surface area contributed by atoms with Crippen LogP contribution in [0.2, 0.25) is 0 Å². The van der Waals surface area contributed by atoms with Gasteiger partial charge in [0.25, 0.3) is 0 Å². The molecule has 1 heterocycles. The molecule has 0 bridgehead atoms. The number of nitrogens with zero attached hydrogens (tertiary/aromatic N) is 1. The summed E-state index contributed by atoms with van der Waals surface area (Å²) >= 11 is 0. The second-order valence-corrected chi connectivity index (χ2v) is 4.03. The Morgan fingerprint density at radius 2 is 2.24 bits per heavy atom. The van der Waals surface area contributed by atoms with Crippen molar-refractivity contribution in [3.63, 3.8) is 0 Å². The van der Waals surface area contributed by atoms with Crippen LogP contribution in [-0.4, -0.2) is 28.8 Å². The molecule has 1 rings (SSSR count). The Labute approximate surface area is 100 Å². The van der Waals surface area contributed by atoms with E-state index in [0.717, 1.165) is 12.1 Å². The van der Waals surface area contributed by atoms with Crippen molar-refractivity contribution >= 4 is 12.0 Å². The van der Waals surface area contributed by atoms with Crippen LogP contribution in [0.3, 0.4) is 0 Å². The minimum Gasteiger partial charge on any atom is -0.428 e. The molecule has 17 heavy (non-hydrogen) atoms. The molecule has 0 spiro atoms. The molecule has 0 aliphatic rings. The van der Waals surface area contributed by atoms with Crippen molar-refractivity contribution in [2.75, 3.05) is 11.9 Å². The van der Waals surface area contributed by atoms with Gasteiger partial charge in [0, 0.05) is 12.6 Å². The number of urea groups is 1. The predicted molar refractivity (Wildman–Crippen MR) is 63.9 cm³/mol. The van der Waals surface area contributed by atoms with E-state index in [4.69, 9.17) is 9.52 Å². The zero-order valence-corrected chi connectivity index (χ0v) is 10.4. The lowest BCUT2D eigenvalue weighted by Crippen LogP contribution is -2.36. The number of hydrogen-bond acceptors (Lipinski definition) is 4. The van der Waals surface area contributed by atoms with E-state index in [9.17, 15) is 4.79 Å². The normalized spacial score (nSPS) is 12.2. The van der Waals surface area contributed by atoms with E-state index < -0.39 is 0 Å². The second-order valence-electron chi connectivity index (χ2n) is 4.03. The molecular formula is C11H19N3O3. The highest BCUT2D eigenvalue weighted by Gasteiger charge is 2.11. The van der Waals surface area contributed by atoms with Crippen molar-refractivity contribution in [2.45, 2.75) is 39.7 Å². The zero-order chi connectivity index (χ0) is 12.8. The summed E-state index contributed by atoms with van der Waals surface area (Å²) in [5.74, 6) is 0.689. The first-order valence-corrected chi connectivity index (χ1v) is 5.65. The molecule has 0 aromatic carbocycles. The third kappa shape index (κ3) is 4.44. The van der Waals surface area contributed by atoms with Gasteiger partial charge >= 0.3 is 12.0 Å². The fourth-order valence-corrected chi connectivity index (χ4v) is 1.35. The van der Waals surface area contributed by atoms with Crippen LogP contribution in [0.4, 0.5) is 10.8 Å². The maximum atomic E-state index is 11.5. The molecule has 6 heteroatoms. The van der Waals surface area contributed by atoms with E-state index >= 15 is 0 Å². The standard InChI is InChI=1S/C11H19N3O3/c1-7(5-4-6-15)12-10(16)14-11-13-8(2)9(3)17-11/h7,15H,4-6H2,1-3H3,(H2,12,13,14,16). The summed E-state index contributed by atoms with van der Waals surface area (Å²) in [4.78, 5) is 15.6. The number of hydrogen-bond donors (Lipinski definition) is 3. The number of carbonyl (C=O) groups excluding carboxylic acids is 1. The first-order chi connectivity index (χ1) is 8.02. The lowest BCUT2D eigenvalue weighted by molar-refractivity contribution is 0.244. The van der Waals surface area contributed by atoms with Crippen LogP contribution in [-0.2, 0) is 0 Å². The molecule has 0 aliphatic carbocycles. The van der Waals surface area contributed by atoms with E-state index in [1.807, 2.05) is 13.8 Å². The summed E-state index contributed by atoms with van der Waals surface area (Å²) in [5.41, 5.74) is 0.758. The average molecular weight is 241 g/mol. The molecule has 1 atom stereocenters. The van der Waals surface area contributed by atoms with Crippen LogP contribution < -0.4 is 10.6 Å². The van der Waals surface area contributed by atoms with Crippen molar-refractivity contribution < 1.29 is 14.3 Å². The number of carbonyl (C=O) groups is 1. The Morgan fingerprint density at radius 1 is 1.53 bits per heavy atom. The highest BCUT2D eigenvalue weighted by molar-refractivity contribution is 5.87. The third-order valence-electron chi connectivity index (χ3n) is 2.42. The molecule has 1 unspecified atom stereocenters. The summed E-state index contributed by atoms with van der Waals surface area (Å²) in [7, 11) is 0. The Hall–Kier alpha value is -1.56. The molecule has 0 saturated heterocycles. The topological polar surface area (TPSA) is 87.4 Å². The molecule has 1 aromatic rings. The number of aliphatic hydroxyl groups excluding tert-OH is 1. The highest BCUT2D eigenvalue weighted by Crippen LogP contribution is 2.12. The van der Waals surface area contributed by atoms with Crippen LogP contribution in [0.1, 0.15) is 31.2 Å². The minimum absolute atomic E-state index is 0.000642. The van der Waals surface area contributed by atoms with E-state index in [-0.39, 0.29) is 24.7 Å². The number of anilines is 1. The predicted octanol–water partition coefficient (Wildman–Crippen LogP) is 1.57. The Kier molecular flexibility index (Phi) is 4.96. The van der Waals surface area contributed by atoms with Crippen LogP contribution in [0.25, 0.3) is 0 Å². The van der Waals surface area contributed by atoms with Gasteiger partial charge in [0.2, 0.25) is 0 Å². The van der Waals surface area contributed by atoms with Crippen molar-refractivity contribution in [3.8, 4) is 0 Å². The summed E-state index contributed by atoms with van der Waals surface area (Å²) in [6.45, 7) is 5.61. The maximum Gasteiger partial charge on any atom is 0.323 e. The third-order valence-corrected chi connectivity index (χ3v) is 2.42. The van der Waals surface area contributed by atoms with Gasteiger partial charge in [-0.3, -0.25) is 5.32 Å². The number of nitrogens with one attached hydrogen (secondary N) is 2. The van der Waals surface area contributed by atoms with Gasteiger partial charge in [-0.25, -0.2) is 4.79 Å². The summed E-state index contributed by atoms with van der Waals surface area (Å²) in [6, 6.07) is -0.150. The fraction of sp³-hybridized carbons (Fsp3) is 0.636. The molecule has 6 nitrogen and oxygen atoms in total. The van der Waals surface area contributed by atoms with E-state index in [0.29, 0.717) is 12.2 Å². The zero-order valence-electron chi connectivity index (χ0n) is 10.4. The first-order valence-electron chi connectivity index (χ1n) is 5.65. The van der Waals surface area contributed by atoms with Crippen LogP contribution in [0.15, 0.2) is 4.42 Å². The molecule has 0 saturated carbocycles. The lowest BCUT2D eigenvalue weighted by atomic mass is 10.2. The Balaban J connectivity index is 2.39. The van der Waals surface area contributed by atoms with Crippen molar-refractivity contribution in [1.29, 1.82) is 0 Å². The molecule has 3 N–H and O–H groups in total.